The molecule has 0 spiro atoms. The monoisotopic (exact) mass is 403 g/mol. The van der Waals surface area contributed by atoms with Gasteiger partial charge >= 0.3 is 5.97 Å². The van der Waals surface area contributed by atoms with E-state index >= 15 is 0 Å². The fourth-order valence-electron chi connectivity index (χ4n) is 1.48. The van der Waals surface area contributed by atoms with E-state index in [0.717, 1.165) is 0 Å². The molecule has 132 valence electrons. The van der Waals surface area contributed by atoms with E-state index in [0.29, 0.717) is 4.67 Å². The summed E-state index contributed by atoms with van der Waals surface area (Å²) in [6.07, 6.45) is 0. The summed E-state index contributed by atoms with van der Waals surface area (Å²) in [5.74, 6) is -2.32. The van der Waals surface area contributed by atoms with E-state index in [9.17, 15) is 19.2 Å². The number of carbonyl (C=O) groups is 4. The average molecular weight is 404 g/mol. The maximum atomic E-state index is 11.6. The van der Waals surface area contributed by atoms with Crippen LogP contribution in [0.25, 0.3) is 0 Å². The molecule has 0 aromatic carbocycles. The molecule has 24 heavy (non-hydrogen) atoms. The lowest BCUT2D eigenvalue weighted by molar-refractivity contribution is -0.147. The lowest BCUT2D eigenvalue weighted by Gasteiger charge is -2.09. The third-order valence-corrected chi connectivity index (χ3v) is 2.88. The number of esters is 1. The van der Waals surface area contributed by atoms with Crippen molar-refractivity contribution >= 4 is 39.6 Å². The van der Waals surface area contributed by atoms with Crippen molar-refractivity contribution in [2.75, 3.05) is 19.7 Å². The first kappa shape index (κ1) is 19.7. The topological polar surface area (TPSA) is 127 Å². The van der Waals surface area contributed by atoms with E-state index in [1.54, 1.807) is 13.8 Å². The predicted molar refractivity (Wildman–Crippen MR) is 86.0 cm³/mol. The Morgan fingerprint density at radius 1 is 1.12 bits per heavy atom. The number of hydrogen-bond acceptors (Lipinski definition) is 6. The van der Waals surface area contributed by atoms with Gasteiger partial charge < -0.3 is 25.1 Å². The fourth-order valence-corrected chi connectivity index (χ4v) is 1.78. The smallest absolute Gasteiger partial charge is 0.325 e. The molecule has 3 amide bonds. The van der Waals surface area contributed by atoms with Crippen molar-refractivity contribution in [1.82, 2.24) is 16.0 Å². The Labute approximate surface area is 146 Å². The Hall–Kier alpha value is -2.36. The van der Waals surface area contributed by atoms with Gasteiger partial charge in [0.15, 0.2) is 17.0 Å². The third-order valence-electron chi connectivity index (χ3n) is 2.45. The van der Waals surface area contributed by atoms with Crippen LogP contribution in [0.1, 0.15) is 24.4 Å². The van der Waals surface area contributed by atoms with Gasteiger partial charge in [0.05, 0.1) is 6.54 Å². The minimum absolute atomic E-state index is 0.0311. The van der Waals surface area contributed by atoms with E-state index in [1.165, 1.54) is 12.1 Å². The van der Waals surface area contributed by atoms with E-state index in [1.807, 2.05) is 0 Å². The van der Waals surface area contributed by atoms with Crippen molar-refractivity contribution in [1.29, 1.82) is 0 Å². The van der Waals surface area contributed by atoms with Crippen LogP contribution in [0.4, 0.5) is 0 Å². The number of furan rings is 1. The summed E-state index contributed by atoms with van der Waals surface area (Å²) in [7, 11) is 0. The number of nitrogens with one attached hydrogen (secondary N) is 3. The standard InChI is InChI=1S/C14H18BrN3O6/c1-8(2)18-11(19)5-16-12(20)7-23-13(21)6-17-14(22)9-3-4-10(15)24-9/h3-4,8H,5-7H2,1-2H3,(H,16,20)(H,17,22)(H,18,19). The van der Waals surface area contributed by atoms with E-state index in [-0.39, 0.29) is 24.3 Å². The van der Waals surface area contributed by atoms with Gasteiger partial charge in [-0.05, 0) is 41.9 Å². The molecule has 0 aliphatic carbocycles. The Balaban J connectivity index is 2.20. The van der Waals surface area contributed by atoms with Crippen molar-refractivity contribution in [2.24, 2.45) is 0 Å². The highest BCUT2D eigenvalue weighted by atomic mass is 79.9. The number of amides is 3. The Morgan fingerprint density at radius 2 is 1.83 bits per heavy atom. The second-order valence-electron chi connectivity index (χ2n) is 4.95. The minimum atomic E-state index is -0.796. The number of carbonyl (C=O) groups excluding carboxylic acids is 4. The molecular weight excluding hydrogens is 386 g/mol. The molecule has 1 heterocycles. The van der Waals surface area contributed by atoms with Crippen LogP contribution in [0.2, 0.25) is 0 Å². The molecule has 0 atom stereocenters. The highest BCUT2D eigenvalue weighted by Crippen LogP contribution is 2.13. The summed E-state index contributed by atoms with van der Waals surface area (Å²) in [6.45, 7) is 2.40. The number of hydrogen-bond donors (Lipinski definition) is 3. The van der Waals surface area contributed by atoms with Crippen LogP contribution in [-0.2, 0) is 19.1 Å². The zero-order valence-electron chi connectivity index (χ0n) is 13.2. The zero-order valence-corrected chi connectivity index (χ0v) is 14.8. The van der Waals surface area contributed by atoms with Crippen LogP contribution in [0.15, 0.2) is 21.2 Å². The van der Waals surface area contributed by atoms with Crippen LogP contribution < -0.4 is 16.0 Å². The molecule has 0 bridgehead atoms. The molecule has 0 saturated carbocycles. The van der Waals surface area contributed by atoms with Gasteiger partial charge in [-0.3, -0.25) is 19.2 Å². The largest absolute Gasteiger partial charge is 0.454 e. The summed E-state index contributed by atoms with van der Waals surface area (Å²) >= 11 is 3.05. The van der Waals surface area contributed by atoms with E-state index in [2.05, 4.69) is 36.6 Å². The third kappa shape index (κ3) is 7.77. The van der Waals surface area contributed by atoms with Gasteiger partial charge in [0.2, 0.25) is 5.91 Å². The average Bonchev–Trinajstić information content (AvgIpc) is 2.94. The minimum Gasteiger partial charge on any atom is -0.454 e. The first-order chi connectivity index (χ1) is 11.3. The van der Waals surface area contributed by atoms with Gasteiger partial charge in [-0.15, -0.1) is 0 Å². The van der Waals surface area contributed by atoms with Crippen molar-refractivity contribution in [3.63, 3.8) is 0 Å². The lowest BCUT2D eigenvalue weighted by Crippen LogP contribution is -2.41. The molecule has 9 nitrogen and oxygen atoms in total. The van der Waals surface area contributed by atoms with Crippen LogP contribution in [0, 0.1) is 0 Å². The molecule has 0 fully saturated rings. The van der Waals surface area contributed by atoms with Gasteiger partial charge in [0, 0.05) is 6.04 Å². The van der Waals surface area contributed by atoms with E-state index < -0.39 is 30.9 Å². The number of halogens is 1. The van der Waals surface area contributed by atoms with E-state index in [4.69, 9.17) is 4.42 Å². The molecule has 0 aliphatic heterocycles. The van der Waals surface area contributed by atoms with Gasteiger partial charge in [-0.2, -0.15) is 0 Å². The molecule has 3 N–H and O–H groups in total. The lowest BCUT2D eigenvalue weighted by atomic mass is 10.4. The molecule has 1 aromatic rings. The molecule has 0 radical (unpaired) electrons. The summed E-state index contributed by atoms with van der Waals surface area (Å²) in [6, 6.07) is 2.93. The van der Waals surface area contributed by atoms with Crippen LogP contribution in [0.3, 0.4) is 0 Å². The SMILES string of the molecule is CC(C)NC(=O)CNC(=O)COC(=O)CNC(=O)c1ccc(Br)o1. The zero-order chi connectivity index (χ0) is 18.1. The Bertz CT molecular complexity index is 613. The van der Waals surface area contributed by atoms with Crippen LogP contribution in [0.5, 0.6) is 0 Å². The van der Waals surface area contributed by atoms with Crippen molar-refractivity contribution in [2.45, 2.75) is 19.9 Å². The first-order valence-electron chi connectivity index (χ1n) is 7.03. The highest BCUT2D eigenvalue weighted by molar-refractivity contribution is 9.10. The van der Waals surface area contributed by atoms with Crippen molar-refractivity contribution in [3.8, 4) is 0 Å². The molecule has 1 rings (SSSR count). The molecule has 0 unspecified atom stereocenters. The molecule has 1 aromatic heterocycles. The summed E-state index contributed by atoms with van der Waals surface area (Å²) in [5, 5.41) is 7.18. The van der Waals surface area contributed by atoms with Gasteiger partial charge in [-0.1, -0.05) is 0 Å². The highest BCUT2D eigenvalue weighted by Gasteiger charge is 2.13. The van der Waals surface area contributed by atoms with Crippen LogP contribution in [-0.4, -0.2) is 49.4 Å². The van der Waals surface area contributed by atoms with Crippen LogP contribution >= 0.6 is 15.9 Å². The fraction of sp³-hybridized carbons (Fsp3) is 0.429. The molecule has 10 heteroatoms. The predicted octanol–water partition coefficient (Wildman–Crippen LogP) is -0.0441. The first-order valence-corrected chi connectivity index (χ1v) is 7.82. The van der Waals surface area contributed by atoms with Crippen molar-refractivity contribution < 1.29 is 28.3 Å². The maximum Gasteiger partial charge on any atom is 0.325 e. The normalized spacial score (nSPS) is 10.2. The second-order valence-corrected chi connectivity index (χ2v) is 5.73. The molecule has 0 saturated heterocycles. The number of rotatable bonds is 8. The number of ether oxygens (including phenoxy) is 1. The van der Waals surface area contributed by atoms with Crippen molar-refractivity contribution in [3.05, 3.63) is 22.6 Å². The summed E-state index contributed by atoms with van der Waals surface area (Å²) in [4.78, 5) is 45.8. The van der Waals surface area contributed by atoms with Gasteiger partial charge in [-0.25, -0.2) is 0 Å². The Kier molecular flexibility index (Phi) is 7.96. The van der Waals surface area contributed by atoms with Gasteiger partial charge in [0.1, 0.15) is 6.54 Å². The Morgan fingerprint density at radius 3 is 2.42 bits per heavy atom. The molecule has 0 aliphatic rings. The maximum absolute atomic E-state index is 11.6. The second kappa shape index (κ2) is 9.71. The molecular formula is C14H18BrN3O6. The van der Waals surface area contributed by atoms with Gasteiger partial charge in [0.25, 0.3) is 11.8 Å². The summed E-state index contributed by atoms with van der Waals surface area (Å²) in [5.41, 5.74) is 0. The quantitative estimate of drug-likeness (QED) is 0.522. The summed E-state index contributed by atoms with van der Waals surface area (Å²) < 4.78 is 10.1.